The lowest BCUT2D eigenvalue weighted by Crippen LogP contribution is -2.32. The van der Waals surface area contributed by atoms with Crippen LogP contribution in [0.1, 0.15) is 58.9 Å². The molecule has 2 N–H and O–H groups in total. The molecule has 0 aliphatic carbocycles. The van der Waals surface area contributed by atoms with Gasteiger partial charge in [0.25, 0.3) is 0 Å². The summed E-state index contributed by atoms with van der Waals surface area (Å²) in [6.07, 6.45) is -3.35. The van der Waals surface area contributed by atoms with Gasteiger partial charge in [0.05, 0.1) is 17.8 Å². The van der Waals surface area contributed by atoms with Gasteiger partial charge in [-0.1, -0.05) is 34.6 Å². The van der Waals surface area contributed by atoms with Gasteiger partial charge in [-0.3, -0.25) is 4.79 Å². The van der Waals surface area contributed by atoms with Crippen LogP contribution in [0, 0.1) is 17.7 Å². The molecule has 0 amide bonds. The second kappa shape index (κ2) is 10.7. The van der Waals surface area contributed by atoms with Crippen molar-refractivity contribution in [2.24, 2.45) is 11.8 Å². The highest BCUT2D eigenvalue weighted by Gasteiger charge is 2.43. The molecule has 0 bridgehead atoms. The zero-order valence-corrected chi connectivity index (χ0v) is 20.7. The van der Waals surface area contributed by atoms with Crippen molar-refractivity contribution < 1.29 is 32.5 Å². The Morgan fingerprint density at radius 3 is 2.26 bits per heavy atom. The minimum atomic E-state index is -3.74. The van der Waals surface area contributed by atoms with E-state index in [-0.39, 0.29) is 35.7 Å². The monoisotopic (exact) mass is 494 g/mol. The third kappa shape index (κ3) is 6.74. The summed E-state index contributed by atoms with van der Waals surface area (Å²) in [5.74, 6) is -1.52. The number of benzene rings is 2. The normalized spacial score (nSPS) is 14.9. The molecular weight excluding hydrogens is 461 g/mol. The van der Waals surface area contributed by atoms with Crippen LogP contribution in [0.2, 0.25) is 0 Å². The van der Waals surface area contributed by atoms with E-state index in [0.29, 0.717) is 42.1 Å². The van der Waals surface area contributed by atoms with Crippen molar-refractivity contribution in [1.29, 1.82) is 0 Å². The van der Waals surface area contributed by atoms with Gasteiger partial charge in [0.15, 0.2) is 11.5 Å². The number of ether oxygens (including phenoxy) is 2. The second-order valence-corrected chi connectivity index (χ2v) is 9.75. The predicted molar refractivity (Wildman–Crippen MR) is 130 cm³/mol. The molecule has 0 saturated carbocycles. The molecule has 1 aliphatic rings. The number of halogens is 3. The van der Waals surface area contributed by atoms with E-state index in [0.717, 1.165) is 0 Å². The van der Waals surface area contributed by atoms with Gasteiger partial charge in [-0.15, -0.1) is 8.78 Å². The van der Waals surface area contributed by atoms with Crippen LogP contribution in [0.5, 0.6) is 11.5 Å². The summed E-state index contributed by atoms with van der Waals surface area (Å²) in [6.45, 7) is 11.2. The zero-order chi connectivity index (χ0) is 25.9. The van der Waals surface area contributed by atoms with E-state index < -0.39 is 18.1 Å². The SMILES string of the molecule is CCC(CC(=O)O)c1cc(F)c(N(CC(C)C)CC(C)C)c(Nc2ccc3c(c2)OC(F)(F)O3)c1. The van der Waals surface area contributed by atoms with Gasteiger partial charge < -0.3 is 24.8 Å². The number of hydrogen-bond acceptors (Lipinski definition) is 5. The topological polar surface area (TPSA) is 71.0 Å². The number of carboxylic acids is 1. The highest BCUT2D eigenvalue weighted by Crippen LogP contribution is 2.44. The van der Waals surface area contributed by atoms with Gasteiger partial charge in [0, 0.05) is 24.8 Å². The lowest BCUT2D eigenvalue weighted by atomic mass is 9.92. The number of alkyl halides is 2. The molecule has 1 aliphatic heterocycles. The molecular formula is C26H33F3N2O4. The highest BCUT2D eigenvalue weighted by atomic mass is 19.3. The lowest BCUT2D eigenvalue weighted by molar-refractivity contribution is -0.286. The number of hydrogen-bond donors (Lipinski definition) is 2. The lowest BCUT2D eigenvalue weighted by Gasteiger charge is -2.31. The minimum absolute atomic E-state index is 0.0885. The summed E-state index contributed by atoms with van der Waals surface area (Å²) in [6, 6.07) is 7.43. The fraction of sp³-hybridized carbons (Fsp3) is 0.500. The Balaban J connectivity index is 2.08. The minimum Gasteiger partial charge on any atom is -0.481 e. The van der Waals surface area contributed by atoms with Crippen LogP contribution in [0.3, 0.4) is 0 Å². The van der Waals surface area contributed by atoms with E-state index in [1.54, 1.807) is 12.1 Å². The Morgan fingerprint density at radius 2 is 1.69 bits per heavy atom. The standard InChI is InChI=1S/C26H33F3N2O4/c1-6-17(11-24(32)33)18-9-20(27)25(31(13-15(2)3)14-16(4)5)21(10-18)30-19-7-8-22-23(12-19)35-26(28,29)34-22/h7-10,12,15-17,30H,6,11,13-14H2,1-5H3,(H,32,33). The van der Waals surface area contributed by atoms with Gasteiger partial charge in [-0.25, -0.2) is 4.39 Å². The molecule has 9 heteroatoms. The summed E-state index contributed by atoms with van der Waals surface area (Å²) < 4.78 is 51.7. The van der Waals surface area contributed by atoms with Gasteiger partial charge in [0.2, 0.25) is 0 Å². The molecule has 6 nitrogen and oxygen atoms in total. The van der Waals surface area contributed by atoms with Crippen LogP contribution in [-0.4, -0.2) is 30.5 Å². The van der Waals surface area contributed by atoms with Crippen molar-refractivity contribution in [2.45, 2.75) is 59.7 Å². The molecule has 0 aromatic heterocycles. The van der Waals surface area contributed by atoms with E-state index in [1.807, 2.05) is 39.5 Å². The van der Waals surface area contributed by atoms with Crippen LogP contribution < -0.4 is 19.7 Å². The summed E-state index contributed by atoms with van der Waals surface area (Å²) in [5.41, 5.74) is 1.74. The smallest absolute Gasteiger partial charge is 0.481 e. The first-order chi connectivity index (χ1) is 16.4. The summed E-state index contributed by atoms with van der Waals surface area (Å²) >= 11 is 0. The molecule has 2 aromatic carbocycles. The number of nitrogens with one attached hydrogen (secondary N) is 1. The maximum atomic E-state index is 15.7. The second-order valence-electron chi connectivity index (χ2n) is 9.75. The van der Waals surface area contributed by atoms with Gasteiger partial charge in [-0.05, 0) is 54.0 Å². The van der Waals surface area contributed by atoms with Crippen LogP contribution in [0.25, 0.3) is 0 Å². The summed E-state index contributed by atoms with van der Waals surface area (Å²) in [4.78, 5) is 13.3. The molecule has 0 spiro atoms. The van der Waals surface area contributed by atoms with Crippen molar-refractivity contribution in [2.75, 3.05) is 23.3 Å². The van der Waals surface area contributed by atoms with E-state index in [4.69, 9.17) is 0 Å². The quantitative estimate of drug-likeness (QED) is 0.351. The van der Waals surface area contributed by atoms with E-state index in [2.05, 4.69) is 14.8 Å². The van der Waals surface area contributed by atoms with Crippen molar-refractivity contribution in [3.63, 3.8) is 0 Å². The van der Waals surface area contributed by atoms with E-state index in [1.165, 1.54) is 18.2 Å². The Kier molecular flexibility index (Phi) is 8.07. The summed E-state index contributed by atoms with van der Waals surface area (Å²) in [7, 11) is 0. The fourth-order valence-electron chi connectivity index (χ4n) is 4.30. The Labute approximate surface area is 204 Å². The number of aliphatic carboxylic acids is 1. The largest absolute Gasteiger partial charge is 0.586 e. The Morgan fingerprint density at radius 1 is 1.06 bits per heavy atom. The third-order valence-corrected chi connectivity index (χ3v) is 5.64. The Hall–Kier alpha value is -3.10. The number of carboxylic acid groups (broad SMARTS) is 1. The van der Waals surface area contributed by atoms with E-state index in [9.17, 15) is 18.7 Å². The average Bonchev–Trinajstić information content (AvgIpc) is 3.03. The molecule has 1 unspecified atom stereocenters. The van der Waals surface area contributed by atoms with Crippen LogP contribution >= 0.6 is 0 Å². The van der Waals surface area contributed by atoms with Crippen molar-refractivity contribution in [1.82, 2.24) is 0 Å². The maximum Gasteiger partial charge on any atom is 0.586 e. The number of fused-ring (bicyclic) bond motifs is 1. The molecule has 35 heavy (non-hydrogen) atoms. The van der Waals surface area contributed by atoms with Gasteiger partial charge in [0.1, 0.15) is 5.82 Å². The van der Waals surface area contributed by atoms with Crippen LogP contribution in [0.15, 0.2) is 30.3 Å². The molecule has 1 heterocycles. The van der Waals surface area contributed by atoms with Gasteiger partial charge in [-0.2, -0.15) is 0 Å². The van der Waals surface area contributed by atoms with Gasteiger partial charge >= 0.3 is 12.3 Å². The Bertz CT molecular complexity index is 1050. The number of rotatable bonds is 11. The molecule has 192 valence electrons. The van der Waals surface area contributed by atoms with E-state index >= 15 is 4.39 Å². The maximum absolute atomic E-state index is 15.7. The number of anilines is 3. The number of nitrogens with zero attached hydrogens (tertiary/aromatic N) is 1. The van der Waals surface area contributed by atoms with Crippen LogP contribution in [0.4, 0.5) is 30.2 Å². The molecule has 0 fully saturated rings. The van der Waals surface area contributed by atoms with Crippen molar-refractivity contribution in [3.8, 4) is 11.5 Å². The predicted octanol–water partition coefficient (Wildman–Crippen LogP) is 6.98. The van der Waals surface area contributed by atoms with Crippen molar-refractivity contribution >= 4 is 23.0 Å². The molecule has 0 radical (unpaired) electrons. The first-order valence-electron chi connectivity index (χ1n) is 11.9. The first kappa shape index (κ1) is 26.5. The third-order valence-electron chi connectivity index (χ3n) is 5.64. The molecule has 3 rings (SSSR count). The molecule has 2 aromatic rings. The first-order valence-corrected chi connectivity index (χ1v) is 11.9. The van der Waals surface area contributed by atoms with Crippen molar-refractivity contribution in [3.05, 3.63) is 41.7 Å². The van der Waals surface area contributed by atoms with Crippen LogP contribution in [-0.2, 0) is 4.79 Å². The molecule has 0 saturated heterocycles. The number of carbonyl (C=O) groups is 1. The summed E-state index contributed by atoms with van der Waals surface area (Å²) in [5, 5.41) is 12.5. The average molecular weight is 495 g/mol. The zero-order valence-electron chi connectivity index (χ0n) is 20.7. The highest BCUT2D eigenvalue weighted by molar-refractivity contribution is 5.78. The fourth-order valence-corrected chi connectivity index (χ4v) is 4.30. The molecule has 1 atom stereocenters.